The number of rotatable bonds is 5. The van der Waals surface area contributed by atoms with Crippen LogP contribution in [0.1, 0.15) is 29.0 Å². The van der Waals surface area contributed by atoms with Crippen molar-refractivity contribution in [3.8, 4) is 11.5 Å². The lowest BCUT2D eigenvalue weighted by Gasteiger charge is -2.34. The molecule has 9 nitrogen and oxygen atoms in total. The van der Waals surface area contributed by atoms with Gasteiger partial charge < -0.3 is 19.7 Å². The lowest BCUT2D eigenvalue weighted by Crippen LogP contribution is -2.35. The standard InChI is InChI=1S/C24H26N6O3/c1-15-9-17(3-6-25-15)24-28-20(14-33-24)23(32)27-19-10-18-12-26-29(2)21(18)11-22(19)30-7-4-16(13-31)5-8-30/h3,6,9-12,14,16,31H,4-5,7-8,13H2,1-2H3,(H,27,32). The number of piperidine rings is 1. The minimum absolute atomic E-state index is 0.204. The maximum Gasteiger partial charge on any atom is 0.277 e. The zero-order valence-electron chi connectivity index (χ0n) is 18.7. The zero-order chi connectivity index (χ0) is 22.9. The minimum atomic E-state index is -0.342. The van der Waals surface area contributed by atoms with Crippen molar-refractivity contribution in [1.29, 1.82) is 0 Å². The van der Waals surface area contributed by atoms with Crippen LogP contribution in [-0.2, 0) is 7.05 Å². The molecule has 4 heterocycles. The third-order valence-corrected chi connectivity index (χ3v) is 6.21. The molecule has 170 valence electrons. The smallest absolute Gasteiger partial charge is 0.277 e. The lowest BCUT2D eigenvalue weighted by atomic mass is 9.97. The Balaban J connectivity index is 1.44. The first-order chi connectivity index (χ1) is 16.0. The maximum atomic E-state index is 13.1. The molecule has 0 spiro atoms. The van der Waals surface area contributed by atoms with Gasteiger partial charge in [-0.05, 0) is 49.9 Å². The van der Waals surface area contributed by atoms with E-state index >= 15 is 0 Å². The van der Waals surface area contributed by atoms with Crippen LogP contribution in [0.15, 0.2) is 47.3 Å². The fourth-order valence-electron chi connectivity index (χ4n) is 4.28. The Bertz CT molecular complexity index is 1300. The second-order valence-electron chi connectivity index (χ2n) is 8.49. The number of oxazole rings is 1. The predicted octanol–water partition coefficient (Wildman–Crippen LogP) is 3.39. The van der Waals surface area contributed by atoms with E-state index in [1.54, 1.807) is 18.5 Å². The molecule has 33 heavy (non-hydrogen) atoms. The fourth-order valence-corrected chi connectivity index (χ4v) is 4.28. The number of hydrogen-bond donors (Lipinski definition) is 2. The van der Waals surface area contributed by atoms with Crippen LogP contribution in [0.2, 0.25) is 0 Å². The van der Waals surface area contributed by atoms with Crippen LogP contribution >= 0.6 is 0 Å². The molecule has 0 aliphatic carbocycles. The molecule has 4 aromatic rings. The van der Waals surface area contributed by atoms with E-state index in [2.05, 4.69) is 31.3 Å². The summed E-state index contributed by atoms with van der Waals surface area (Å²) < 4.78 is 7.39. The molecule has 1 aromatic carbocycles. The van der Waals surface area contributed by atoms with E-state index < -0.39 is 0 Å². The average molecular weight is 447 g/mol. The Morgan fingerprint density at radius 3 is 2.85 bits per heavy atom. The molecular formula is C24H26N6O3. The first-order valence-corrected chi connectivity index (χ1v) is 11.0. The largest absolute Gasteiger partial charge is 0.444 e. The topological polar surface area (TPSA) is 109 Å². The average Bonchev–Trinajstić information content (AvgIpc) is 3.46. The molecule has 3 aromatic heterocycles. The van der Waals surface area contributed by atoms with Crippen molar-refractivity contribution in [3.05, 3.63) is 54.3 Å². The molecule has 0 atom stereocenters. The van der Waals surface area contributed by atoms with Crippen molar-refractivity contribution in [3.63, 3.8) is 0 Å². The second-order valence-corrected chi connectivity index (χ2v) is 8.49. The molecule has 1 aliphatic heterocycles. The third kappa shape index (κ3) is 4.19. The van der Waals surface area contributed by atoms with Gasteiger partial charge >= 0.3 is 0 Å². The van der Waals surface area contributed by atoms with Gasteiger partial charge in [-0.15, -0.1) is 0 Å². The molecular weight excluding hydrogens is 420 g/mol. The molecule has 0 radical (unpaired) electrons. The van der Waals surface area contributed by atoms with Crippen LogP contribution in [-0.4, -0.2) is 50.5 Å². The fraction of sp³-hybridized carbons (Fsp3) is 0.333. The monoisotopic (exact) mass is 446 g/mol. The second kappa shape index (κ2) is 8.67. The summed E-state index contributed by atoms with van der Waals surface area (Å²) in [5.74, 6) is 0.357. The molecule has 5 rings (SSSR count). The van der Waals surface area contributed by atoms with Crippen LogP contribution in [0.25, 0.3) is 22.4 Å². The van der Waals surface area contributed by atoms with E-state index in [4.69, 9.17) is 4.42 Å². The Morgan fingerprint density at radius 2 is 2.09 bits per heavy atom. The van der Waals surface area contributed by atoms with E-state index in [1.165, 1.54) is 6.26 Å². The molecule has 9 heteroatoms. The number of aliphatic hydroxyl groups is 1. The van der Waals surface area contributed by atoms with E-state index in [-0.39, 0.29) is 18.2 Å². The number of nitrogens with zero attached hydrogens (tertiary/aromatic N) is 5. The van der Waals surface area contributed by atoms with Crippen molar-refractivity contribution >= 4 is 28.2 Å². The van der Waals surface area contributed by atoms with Gasteiger partial charge in [0.15, 0.2) is 5.69 Å². The number of aryl methyl sites for hydroxylation is 2. The van der Waals surface area contributed by atoms with Crippen LogP contribution < -0.4 is 10.2 Å². The first kappa shape index (κ1) is 21.1. The Labute approximate surface area is 191 Å². The maximum absolute atomic E-state index is 13.1. The van der Waals surface area contributed by atoms with Gasteiger partial charge in [-0.2, -0.15) is 5.10 Å². The number of carbonyl (C=O) groups excluding carboxylic acids is 1. The normalized spacial score (nSPS) is 14.7. The SMILES string of the molecule is Cc1cc(-c2nc(C(=O)Nc3cc4cnn(C)c4cc3N3CCC(CO)CC3)co2)ccn1. The highest BCUT2D eigenvalue weighted by Gasteiger charge is 2.23. The van der Waals surface area contributed by atoms with Crippen molar-refractivity contribution < 1.29 is 14.3 Å². The van der Waals surface area contributed by atoms with E-state index in [9.17, 15) is 9.90 Å². The highest BCUT2D eigenvalue weighted by molar-refractivity contribution is 6.06. The third-order valence-electron chi connectivity index (χ3n) is 6.21. The van der Waals surface area contributed by atoms with Crippen LogP contribution in [0.3, 0.4) is 0 Å². The quantitative estimate of drug-likeness (QED) is 0.484. The number of fused-ring (bicyclic) bond motifs is 1. The number of hydrogen-bond acceptors (Lipinski definition) is 7. The minimum Gasteiger partial charge on any atom is -0.444 e. The number of pyridine rings is 1. The van der Waals surface area contributed by atoms with E-state index in [0.717, 1.165) is 53.8 Å². The van der Waals surface area contributed by atoms with Crippen molar-refractivity contribution in [2.24, 2.45) is 13.0 Å². The number of carbonyl (C=O) groups is 1. The van der Waals surface area contributed by atoms with Crippen molar-refractivity contribution in [2.75, 3.05) is 29.9 Å². The molecule has 0 saturated carbocycles. The Kier molecular flexibility index (Phi) is 5.55. The van der Waals surface area contributed by atoms with Crippen LogP contribution in [0, 0.1) is 12.8 Å². The highest BCUT2D eigenvalue weighted by atomic mass is 16.3. The van der Waals surface area contributed by atoms with Gasteiger partial charge in [0.2, 0.25) is 5.89 Å². The van der Waals surface area contributed by atoms with Gasteiger partial charge in [-0.25, -0.2) is 4.98 Å². The number of benzene rings is 1. The summed E-state index contributed by atoms with van der Waals surface area (Å²) in [5.41, 5.74) is 4.44. The number of nitrogens with one attached hydrogen (secondary N) is 1. The number of anilines is 2. The molecule has 0 bridgehead atoms. The zero-order valence-corrected chi connectivity index (χ0v) is 18.7. The molecule has 2 N–H and O–H groups in total. The summed E-state index contributed by atoms with van der Waals surface area (Å²) in [7, 11) is 1.90. The molecule has 1 amide bonds. The first-order valence-electron chi connectivity index (χ1n) is 11.0. The summed E-state index contributed by atoms with van der Waals surface area (Å²) in [6, 6.07) is 7.66. The summed E-state index contributed by atoms with van der Waals surface area (Å²) in [4.78, 5) is 23.9. The summed E-state index contributed by atoms with van der Waals surface area (Å²) in [6.45, 7) is 3.73. The number of amides is 1. The molecule has 1 aliphatic rings. The predicted molar refractivity (Wildman–Crippen MR) is 125 cm³/mol. The highest BCUT2D eigenvalue weighted by Crippen LogP contribution is 2.34. The number of aliphatic hydroxyl groups excluding tert-OH is 1. The van der Waals surface area contributed by atoms with Gasteiger partial charge in [0.05, 0.1) is 23.1 Å². The van der Waals surface area contributed by atoms with E-state index in [1.807, 2.05) is 30.8 Å². The summed E-state index contributed by atoms with van der Waals surface area (Å²) in [6.07, 6.45) is 6.66. The van der Waals surface area contributed by atoms with Crippen LogP contribution in [0.5, 0.6) is 0 Å². The Hall–Kier alpha value is -3.72. The van der Waals surface area contributed by atoms with Gasteiger partial charge in [-0.1, -0.05) is 0 Å². The van der Waals surface area contributed by atoms with Crippen LogP contribution in [0.4, 0.5) is 11.4 Å². The Morgan fingerprint density at radius 1 is 1.27 bits per heavy atom. The van der Waals surface area contributed by atoms with Gasteiger partial charge in [0.25, 0.3) is 5.91 Å². The van der Waals surface area contributed by atoms with Crippen molar-refractivity contribution in [1.82, 2.24) is 19.7 Å². The van der Waals surface area contributed by atoms with E-state index in [0.29, 0.717) is 17.5 Å². The summed E-state index contributed by atoms with van der Waals surface area (Å²) >= 11 is 0. The summed E-state index contributed by atoms with van der Waals surface area (Å²) in [5, 5.41) is 17.8. The molecule has 0 unspecified atom stereocenters. The van der Waals surface area contributed by atoms with Gasteiger partial charge in [-0.3, -0.25) is 14.5 Å². The molecule has 1 saturated heterocycles. The molecule has 1 fully saturated rings. The number of aromatic nitrogens is 4. The van der Waals surface area contributed by atoms with Gasteiger partial charge in [0, 0.05) is 49.6 Å². The van der Waals surface area contributed by atoms with Gasteiger partial charge in [0.1, 0.15) is 6.26 Å². The van der Waals surface area contributed by atoms with Crippen molar-refractivity contribution in [2.45, 2.75) is 19.8 Å². The lowest BCUT2D eigenvalue weighted by molar-refractivity contribution is 0.102.